The number of hydrogen-bond donors (Lipinski definition) is 0. The van der Waals surface area contributed by atoms with Crippen molar-refractivity contribution in [3.63, 3.8) is 0 Å². The molecule has 0 saturated carbocycles. The van der Waals surface area contributed by atoms with E-state index in [0.717, 1.165) is 6.92 Å². The maximum atomic E-state index is 12.7. The van der Waals surface area contributed by atoms with Crippen LogP contribution in [0.25, 0.3) is 0 Å². The van der Waals surface area contributed by atoms with Gasteiger partial charge in [0.25, 0.3) is 5.92 Å². The van der Waals surface area contributed by atoms with Crippen LogP contribution < -0.4 is 0 Å². The van der Waals surface area contributed by atoms with Crippen molar-refractivity contribution in [1.29, 1.82) is 0 Å². The molecule has 4 heteroatoms. The molecule has 0 unspecified atom stereocenters. The maximum absolute atomic E-state index is 12.7. The third kappa shape index (κ3) is 2.17. The number of halogens is 4. The Bertz CT molecular complexity index is 294. The van der Waals surface area contributed by atoms with Crippen LogP contribution >= 0.6 is 27.5 Å². The average molecular weight is 255 g/mol. The number of rotatable bonds is 1. The van der Waals surface area contributed by atoms with E-state index < -0.39 is 5.92 Å². The Morgan fingerprint density at radius 2 is 2.00 bits per heavy atom. The fraction of sp³-hybridized carbons (Fsp3) is 0.250. The Morgan fingerprint density at radius 3 is 2.42 bits per heavy atom. The number of alkyl halides is 2. The van der Waals surface area contributed by atoms with Crippen LogP contribution in [0.4, 0.5) is 8.78 Å². The second-order valence-corrected chi connectivity index (χ2v) is 3.78. The molecule has 0 aliphatic rings. The molecular weight excluding hydrogens is 249 g/mol. The van der Waals surface area contributed by atoms with Gasteiger partial charge < -0.3 is 0 Å². The van der Waals surface area contributed by atoms with E-state index >= 15 is 0 Å². The average Bonchev–Trinajstić information content (AvgIpc) is 1.92. The van der Waals surface area contributed by atoms with Crippen molar-refractivity contribution < 1.29 is 8.78 Å². The van der Waals surface area contributed by atoms with E-state index in [9.17, 15) is 8.78 Å². The van der Waals surface area contributed by atoms with Gasteiger partial charge in [0.2, 0.25) is 0 Å². The molecule has 1 aromatic rings. The fourth-order valence-electron chi connectivity index (χ4n) is 0.769. The Balaban J connectivity index is 3.14. The van der Waals surface area contributed by atoms with Crippen molar-refractivity contribution in [2.45, 2.75) is 12.8 Å². The first-order valence-corrected chi connectivity index (χ1v) is 4.41. The van der Waals surface area contributed by atoms with Crippen molar-refractivity contribution in [2.75, 3.05) is 0 Å². The minimum absolute atomic E-state index is 0.0734. The second kappa shape index (κ2) is 3.30. The Kier molecular flexibility index (Phi) is 2.74. The van der Waals surface area contributed by atoms with E-state index in [2.05, 4.69) is 15.9 Å². The van der Waals surface area contributed by atoms with Crippen LogP contribution in [0.15, 0.2) is 22.7 Å². The highest BCUT2D eigenvalue weighted by atomic mass is 79.9. The zero-order valence-corrected chi connectivity index (χ0v) is 8.59. The lowest BCUT2D eigenvalue weighted by atomic mass is 10.1. The van der Waals surface area contributed by atoms with Gasteiger partial charge in [0.05, 0.1) is 5.02 Å². The largest absolute Gasteiger partial charge is 0.270 e. The Labute approximate surface area is 82.7 Å². The van der Waals surface area contributed by atoms with Crippen molar-refractivity contribution in [1.82, 2.24) is 0 Å². The molecule has 1 aromatic carbocycles. The van der Waals surface area contributed by atoms with Crippen molar-refractivity contribution in [2.24, 2.45) is 0 Å². The van der Waals surface area contributed by atoms with Crippen molar-refractivity contribution in [3.8, 4) is 0 Å². The standard InChI is InChI=1S/C8H6BrClF2/c1-8(11,12)5-2-3-6(9)7(10)4-5/h2-4H,1H3. The molecule has 0 aromatic heterocycles. The fourth-order valence-corrected chi connectivity index (χ4v) is 1.20. The molecule has 0 heterocycles. The SMILES string of the molecule is CC(F)(F)c1ccc(Br)c(Cl)c1. The highest BCUT2D eigenvalue weighted by Gasteiger charge is 2.24. The third-order valence-corrected chi connectivity index (χ3v) is 2.66. The molecule has 0 atom stereocenters. The quantitative estimate of drug-likeness (QED) is 0.705. The summed E-state index contributed by atoms with van der Waals surface area (Å²) in [7, 11) is 0. The van der Waals surface area contributed by atoms with Crippen LogP contribution in [0.1, 0.15) is 12.5 Å². The molecule has 0 N–H and O–H groups in total. The molecule has 1 rings (SSSR count). The van der Waals surface area contributed by atoms with Gasteiger partial charge >= 0.3 is 0 Å². The van der Waals surface area contributed by atoms with Crippen LogP contribution in [-0.4, -0.2) is 0 Å². The lowest BCUT2D eigenvalue weighted by Gasteiger charge is -2.10. The summed E-state index contributed by atoms with van der Waals surface area (Å²) in [5.74, 6) is -2.83. The van der Waals surface area contributed by atoms with Gasteiger partial charge in [-0.15, -0.1) is 0 Å². The summed E-state index contributed by atoms with van der Waals surface area (Å²) in [5.41, 5.74) is -0.0734. The first kappa shape index (κ1) is 9.93. The molecule has 0 nitrogen and oxygen atoms in total. The van der Waals surface area contributed by atoms with E-state index in [1.807, 2.05) is 0 Å². The zero-order chi connectivity index (χ0) is 9.35. The summed E-state index contributed by atoms with van der Waals surface area (Å²) in [4.78, 5) is 0. The molecule has 0 aliphatic heterocycles. The molecule has 12 heavy (non-hydrogen) atoms. The molecule has 0 amide bonds. The van der Waals surface area contributed by atoms with Crippen LogP contribution in [0, 0.1) is 0 Å². The van der Waals surface area contributed by atoms with Gasteiger partial charge in [-0.1, -0.05) is 17.7 Å². The van der Waals surface area contributed by atoms with Gasteiger partial charge in [-0.3, -0.25) is 0 Å². The second-order valence-electron chi connectivity index (χ2n) is 2.52. The monoisotopic (exact) mass is 254 g/mol. The molecule has 0 spiro atoms. The molecule has 0 radical (unpaired) electrons. The van der Waals surface area contributed by atoms with E-state index in [-0.39, 0.29) is 5.56 Å². The first-order chi connectivity index (χ1) is 5.41. The van der Waals surface area contributed by atoms with E-state index in [1.165, 1.54) is 18.2 Å². The minimum atomic E-state index is -2.83. The summed E-state index contributed by atoms with van der Waals surface area (Å²) in [6.07, 6.45) is 0. The smallest absolute Gasteiger partial charge is 0.202 e. The molecule has 0 aliphatic carbocycles. The highest BCUT2D eigenvalue weighted by Crippen LogP contribution is 2.31. The summed E-state index contributed by atoms with van der Waals surface area (Å²) < 4.78 is 26.0. The van der Waals surface area contributed by atoms with Gasteiger partial charge in [0.15, 0.2) is 0 Å². The Morgan fingerprint density at radius 1 is 1.42 bits per heavy atom. The van der Waals surface area contributed by atoms with Gasteiger partial charge in [0.1, 0.15) is 0 Å². The third-order valence-electron chi connectivity index (χ3n) is 1.43. The number of hydrogen-bond acceptors (Lipinski definition) is 0. The summed E-state index contributed by atoms with van der Waals surface area (Å²) >= 11 is 8.76. The van der Waals surface area contributed by atoms with Crippen LogP contribution in [-0.2, 0) is 5.92 Å². The topological polar surface area (TPSA) is 0 Å². The normalized spacial score (nSPS) is 11.8. The lowest BCUT2D eigenvalue weighted by molar-refractivity contribution is 0.0175. The molecular formula is C8H6BrClF2. The minimum Gasteiger partial charge on any atom is -0.202 e. The van der Waals surface area contributed by atoms with Crippen LogP contribution in [0.2, 0.25) is 5.02 Å². The van der Waals surface area contributed by atoms with Gasteiger partial charge in [-0.05, 0) is 28.1 Å². The van der Waals surface area contributed by atoms with Crippen LogP contribution in [0.5, 0.6) is 0 Å². The Hall–Kier alpha value is -0.150. The molecule has 0 fully saturated rings. The van der Waals surface area contributed by atoms with E-state index in [1.54, 1.807) is 0 Å². The lowest BCUT2D eigenvalue weighted by Crippen LogP contribution is -2.06. The summed E-state index contributed by atoms with van der Waals surface area (Å²) in [6, 6.07) is 4.11. The number of benzene rings is 1. The first-order valence-electron chi connectivity index (χ1n) is 3.24. The van der Waals surface area contributed by atoms with E-state index in [4.69, 9.17) is 11.6 Å². The molecule has 66 valence electrons. The molecule has 0 saturated heterocycles. The highest BCUT2D eigenvalue weighted by molar-refractivity contribution is 9.10. The van der Waals surface area contributed by atoms with Gasteiger partial charge in [-0.2, -0.15) is 0 Å². The van der Waals surface area contributed by atoms with Crippen molar-refractivity contribution >= 4 is 27.5 Å². The van der Waals surface area contributed by atoms with E-state index in [0.29, 0.717) is 9.50 Å². The predicted molar refractivity (Wildman–Crippen MR) is 48.7 cm³/mol. The zero-order valence-electron chi connectivity index (χ0n) is 6.24. The van der Waals surface area contributed by atoms with Crippen molar-refractivity contribution in [3.05, 3.63) is 33.3 Å². The van der Waals surface area contributed by atoms with Gasteiger partial charge in [-0.25, -0.2) is 8.78 Å². The summed E-state index contributed by atoms with van der Waals surface area (Å²) in [6.45, 7) is 0.840. The van der Waals surface area contributed by atoms with Gasteiger partial charge in [0, 0.05) is 17.0 Å². The van der Waals surface area contributed by atoms with Crippen LogP contribution in [0.3, 0.4) is 0 Å². The predicted octanol–water partition coefficient (Wildman–Crippen LogP) is 4.21. The maximum Gasteiger partial charge on any atom is 0.270 e. The molecule has 0 bridgehead atoms. The summed E-state index contributed by atoms with van der Waals surface area (Å²) in [5, 5.41) is 0.300.